The maximum atomic E-state index is 14.2. The molecule has 2 aliphatic rings. The van der Waals surface area contributed by atoms with Gasteiger partial charge in [-0.1, -0.05) is 6.07 Å². The Kier molecular flexibility index (Phi) is 8.82. The van der Waals surface area contributed by atoms with Crippen LogP contribution in [0.4, 0.5) is 4.39 Å². The van der Waals surface area contributed by atoms with Crippen molar-refractivity contribution >= 4 is 17.0 Å². The van der Waals surface area contributed by atoms with Gasteiger partial charge in [0.1, 0.15) is 18.2 Å². The summed E-state index contributed by atoms with van der Waals surface area (Å²) in [5.41, 5.74) is 2.57. The number of halogens is 1. The number of carboxylic acids is 1. The van der Waals surface area contributed by atoms with E-state index in [1.807, 2.05) is 16.9 Å². The predicted octanol–water partition coefficient (Wildman–Crippen LogP) is 4.56. The number of ether oxygens (including phenoxy) is 2. The van der Waals surface area contributed by atoms with Gasteiger partial charge in [-0.2, -0.15) is 5.26 Å². The smallest absolute Gasteiger partial charge is 0.335 e. The molecule has 0 unspecified atom stereocenters. The molecule has 220 valence electrons. The van der Waals surface area contributed by atoms with E-state index in [9.17, 15) is 14.3 Å². The topological polar surface area (TPSA) is 153 Å². The van der Waals surface area contributed by atoms with Crippen LogP contribution in [0.15, 0.2) is 48.7 Å². The Hall–Kier alpha value is -4.31. The van der Waals surface area contributed by atoms with Gasteiger partial charge in [0.15, 0.2) is 0 Å². The van der Waals surface area contributed by atoms with Crippen molar-refractivity contribution in [3.63, 3.8) is 0 Å². The summed E-state index contributed by atoms with van der Waals surface area (Å²) in [4.78, 5) is 18.9. The molecular weight excluding hydrogens is 541 g/mol. The average molecular weight is 576 g/mol. The van der Waals surface area contributed by atoms with E-state index in [1.54, 1.807) is 36.4 Å². The second-order valence-corrected chi connectivity index (χ2v) is 10.7. The minimum atomic E-state index is -0.943. The fourth-order valence-electron chi connectivity index (χ4n) is 5.64. The molecule has 2 saturated heterocycles. The van der Waals surface area contributed by atoms with Crippen LogP contribution >= 0.6 is 0 Å². The Labute approximate surface area is 242 Å². The molecule has 4 heterocycles. The van der Waals surface area contributed by atoms with Crippen molar-refractivity contribution < 1.29 is 23.8 Å². The van der Waals surface area contributed by atoms with Gasteiger partial charge >= 0.3 is 5.97 Å². The molecular formula is C30H34FN7O4. The van der Waals surface area contributed by atoms with Crippen molar-refractivity contribution in [1.29, 1.82) is 5.26 Å². The Morgan fingerprint density at radius 1 is 1.17 bits per heavy atom. The van der Waals surface area contributed by atoms with Gasteiger partial charge in [-0.3, -0.25) is 9.58 Å². The third-order valence-electron chi connectivity index (χ3n) is 7.98. The third-order valence-corrected chi connectivity index (χ3v) is 7.98. The van der Waals surface area contributed by atoms with Gasteiger partial charge in [0, 0.05) is 50.0 Å². The number of rotatable bonds is 9. The van der Waals surface area contributed by atoms with E-state index >= 15 is 0 Å². The summed E-state index contributed by atoms with van der Waals surface area (Å²) in [5, 5.41) is 23.0. The number of carboxylic acid groups (broad SMARTS) is 1. The first-order valence-electron chi connectivity index (χ1n) is 13.9. The van der Waals surface area contributed by atoms with Crippen LogP contribution in [0.2, 0.25) is 0 Å². The fourth-order valence-corrected chi connectivity index (χ4v) is 5.64. The van der Waals surface area contributed by atoms with Crippen molar-refractivity contribution in [2.24, 2.45) is 5.92 Å². The predicted molar refractivity (Wildman–Crippen MR) is 152 cm³/mol. The maximum Gasteiger partial charge on any atom is 0.335 e. The van der Waals surface area contributed by atoms with Crippen LogP contribution in [-0.4, -0.2) is 61.6 Å². The van der Waals surface area contributed by atoms with Crippen LogP contribution in [0.3, 0.4) is 0 Å². The number of benzene rings is 2. The van der Waals surface area contributed by atoms with Crippen LogP contribution < -0.4 is 10.9 Å². The van der Waals surface area contributed by atoms with Crippen LogP contribution in [0, 0.1) is 23.1 Å². The molecule has 4 aromatic rings. The highest BCUT2D eigenvalue weighted by Crippen LogP contribution is 2.27. The van der Waals surface area contributed by atoms with Crippen LogP contribution in [-0.2, 0) is 24.4 Å². The van der Waals surface area contributed by atoms with Crippen molar-refractivity contribution in [2.75, 3.05) is 26.3 Å². The van der Waals surface area contributed by atoms with Crippen molar-refractivity contribution in [2.45, 2.75) is 45.0 Å². The number of likely N-dealkylation sites (tertiary alicyclic amines) is 1. The average Bonchev–Trinajstić information content (AvgIpc) is 3.74. The Balaban J connectivity index is 0.00000353. The van der Waals surface area contributed by atoms with Crippen LogP contribution in [0.5, 0.6) is 5.88 Å². The molecule has 0 aliphatic carbocycles. The first-order chi connectivity index (χ1) is 20.0. The number of nitriles is 1. The monoisotopic (exact) mass is 575 g/mol. The summed E-state index contributed by atoms with van der Waals surface area (Å²) in [6.45, 7) is 4.68. The van der Waals surface area contributed by atoms with Gasteiger partial charge in [0.25, 0.3) is 0 Å². The molecule has 42 heavy (non-hydrogen) atoms. The summed E-state index contributed by atoms with van der Waals surface area (Å²) in [5.74, 6) is 0.346. The second-order valence-electron chi connectivity index (χ2n) is 10.7. The van der Waals surface area contributed by atoms with Gasteiger partial charge in [0.2, 0.25) is 5.88 Å². The number of fused-ring (bicyclic) bond motifs is 1. The first kappa shape index (κ1) is 29.2. The number of hydrogen-bond acceptors (Lipinski definition) is 8. The highest BCUT2D eigenvalue weighted by molar-refractivity contribution is 5.92. The van der Waals surface area contributed by atoms with Crippen molar-refractivity contribution in [3.05, 3.63) is 77.0 Å². The summed E-state index contributed by atoms with van der Waals surface area (Å²) in [6, 6.07) is 13.4. The van der Waals surface area contributed by atoms with Gasteiger partial charge in [0.05, 0.1) is 47.4 Å². The van der Waals surface area contributed by atoms with E-state index in [0.717, 1.165) is 62.4 Å². The molecule has 0 radical (unpaired) electrons. The van der Waals surface area contributed by atoms with Gasteiger partial charge in [-0.05, 0) is 49.6 Å². The molecule has 2 aromatic heterocycles. The largest absolute Gasteiger partial charge is 0.478 e. The fraction of sp³-hybridized carbons (Fsp3) is 0.400. The minimum absolute atomic E-state index is 0. The molecule has 4 N–H and O–H groups in total. The molecule has 6 rings (SSSR count). The second kappa shape index (κ2) is 12.7. The summed E-state index contributed by atoms with van der Waals surface area (Å²) in [7, 11) is 0. The molecule has 11 nitrogen and oxygen atoms in total. The van der Waals surface area contributed by atoms with E-state index in [-0.39, 0.29) is 29.9 Å². The standard InChI is InChI=1S/C30H31FN6O4.H3N/c31-25-13-20(15-32)1-2-23(25)19-41-29-7-11-37(34-29)24-5-9-35(10-6-24)17-28-33-26-4-3-22(30(38)39)14-27(26)36(28)16-21-8-12-40-18-21;/h1-4,7,11,13-14,21,24H,5-6,8-10,12,16-19H2,(H,38,39);1H3/t21-;/m1./s1. The lowest BCUT2D eigenvalue weighted by molar-refractivity contribution is 0.0697. The summed E-state index contributed by atoms with van der Waals surface area (Å²) in [6.07, 6.45) is 4.70. The maximum absolute atomic E-state index is 14.2. The van der Waals surface area contributed by atoms with E-state index in [4.69, 9.17) is 19.7 Å². The number of aromatic carboxylic acids is 1. The van der Waals surface area contributed by atoms with E-state index in [0.29, 0.717) is 30.5 Å². The SMILES string of the molecule is N.N#Cc1ccc(COc2ccn(C3CCN(Cc4nc5ccc(C(=O)O)cc5n4C[C@H]4CCOC4)CC3)n2)c(F)c1. The number of piperidine rings is 1. The number of aromatic nitrogens is 4. The molecule has 12 heteroatoms. The molecule has 2 aliphatic heterocycles. The highest BCUT2D eigenvalue weighted by atomic mass is 19.1. The molecule has 0 saturated carbocycles. The first-order valence-corrected chi connectivity index (χ1v) is 13.9. The van der Waals surface area contributed by atoms with E-state index in [1.165, 1.54) is 6.07 Å². The Bertz CT molecular complexity index is 1600. The van der Waals surface area contributed by atoms with Gasteiger partial charge < -0.3 is 25.3 Å². The molecule has 0 amide bonds. The Morgan fingerprint density at radius 3 is 2.71 bits per heavy atom. The van der Waals surface area contributed by atoms with Gasteiger partial charge in [-0.15, -0.1) is 5.10 Å². The van der Waals surface area contributed by atoms with Crippen molar-refractivity contribution in [1.82, 2.24) is 30.4 Å². The quantitative estimate of drug-likeness (QED) is 0.292. The lowest BCUT2D eigenvalue weighted by Crippen LogP contribution is -2.35. The van der Waals surface area contributed by atoms with Gasteiger partial charge in [-0.25, -0.2) is 14.2 Å². The zero-order chi connectivity index (χ0) is 28.3. The Morgan fingerprint density at radius 2 is 2.00 bits per heavy atom. The number of nitrogens with zero attached hydrogens (tertiary/aromatic N) is 6. The van der Waals surface area contributed by atoms with Crippen molar-refractivity contribution in [3.8, 4) is 11.9 Å². The number of hydrogen-bond donors (Lipinski definition) is 2. The minimum Gasteiger partial charge on any atom is -0.478 e. The molecule has 1 atom stereocenters. The third kappa shape index (κ3) is 6.28. The van der Waals surface area contributed by atoms with E-state index < -0.39 is 11.8 Å². The molecule has 0 bridgehead atoms. The zero-order valence-electron chi connectivity index (χ0n) is 23.3. The number of imidazole rings is 1. The normalized spacial score (nSPS) is 17.7. The number of carbonyl (C=O) groups is 1. The summed E-state index contributed by atoms with van der Waals surface area (Å²) < 4.78 is 29.6. The molecule has 2 aromatic carbocycles. The zero-order valence-corrected chi connectivity index (χ0v) is 23.3. The molecule has 2 fully saturated rings. The van der Waals surface area contributed by atoms with Crippen LogP contribution in [0.1, 0.15) is 52.6 Å². The highest BCUT2D eigenvalue weighted by Gasteiger charge is 2.25. The molecule has 0 spiro atoms. The lowest BCUT2D eigenvalue weighted by atomic mass is 10.1. The van der Waals surface area contributed by atoms with Crippen LogP contribution in [0.25, 0.3) is 11.0 Å². The van der Waals surface area contributed by atoms with E-state index in [2.05, 4.69) is 14.6 Å². The summed E-state index contributed by atoms with van der Waals surface area (Å²) >= 11 is 0. The lowest BCUT2D eigenvalue weighted by Gasteiger charge is -2.32.